The van der Waals surface area contributed by atoms with Gasteiger partial charge in [0, 0.05) is 21.9 Å². The molecule has 18 heavy (non-hydrogen) atoms. The number of rotatable bonds is 3. The van der Waals surface area contributed by atoms with Crippen LogP contribution < -0.4 is 5.32 Å². The van der Waals surface area contributed by atoms with Crippen LogP contribution in [0.3, 0.4) is 0 Å². The topological polar surface area (TPSA) is 24.9 Å². The highest BCUT2D eigenvalue weighted by atomic mass is 35.5. The van der Waals surface area contributed by atoms with Gasteiger partial charge in [-0.1, -0.05) is 29.3 Å². The van der Waals surface area contributed by atoms with E-state index in [0.29, 0.717) is 10.0 Å². The van der Waals surface area contributed by atoms with Crippen LogP contribution in [0.15, 0.2) is 36.5 Å². The van der Waals surface area contributed by atoms with Crippen LogP contribution in [0.25, 0.3) is 0 Å². The number of aryl methyl sites for hydroxylation is 1. The van der Waals surface area contributed by atoms with Gasteiger partial charge in [0.1, 0.15) is 0 Å². The molecule has 1 unspecified atom stereocenters. The lowest BCUT2D eigenvalue weighted by atomic mass is 10.00. The standard InChI is InChI=1S/C14H14Cl2N2/c1-9-3-4-10(8-18-9)14(17-2)12-7-11(15)5-6-13(12)16/h3-8,14,17H,1-2H3. The number of hydrogen-bond donors (Lipinski definition) is 1. The molecule has 0 radical (unpaired) electrons. The Bertz CT molecular complexity index is 538. The van der Waals surface area contributed by atoms with E-state index < -0.39 is 0 Å². The summed E-state index contributed by atoms with van der Waals surface area (Å²) < 4.78 is 0. The molecular formula is C14H14Cl2N2. The van der Waals surface area contributed by atoms with E-state index >= 15 is 0 Å². The van der Waals surface area contributed by atoms with Crippen molar-refractivity contribution in [3.63, 3.8) is 0 Å². The first-order valence-electron chi connectivity index (χ1n) is 5.66. The highest BCUT2D eigenvalue weighted by molar-refractivity contribution is 6.33. The SMILES string of the molecule is CNC(c1ccc(C)nc1)c1cc(Cl)ccc1Cl. The number of nitrogens with zero attached hydrogens (tertiary/aromatic N) is 1. The summed E-state index contributed by atoms with van der Waals surface area (Å²) in [5.41, 5.74) is 3.01. The molecule has 0 spiro atoms. The summed E-state index contributed by atoms with van der Waals surface area (Å²) in [7, 11) is 1.89. The van der Waals surface area contributed by atoms with E-state index in [1.165, 1.54) is 0 Å². The molecule has 1 aromatic heterocycles. The van der Waals surface area contributed by atoms with Crippen LogP contribution >= 0.6 is 23.2 Å². The molecule has 0 aliphatic carbocycles. The highest BCUT2D eigenvalue weighted by Gasteiger charge is 2.15. The Kier molecular flexibility index (Phi) is 4.23. The first-order chi connectivity index (χ1) is 8.61. The zero-order valence-electron chi connectivity index (χ0n) is 10.2. The minimum absolute atomic E-state index is 0.00991. The van der Waals surface area contributed by atoms with Crippen LogP contribution in [-0.4, -0.2) is 12.0 Å². The fourth-order valence-corrected chi connectivity index (χ4v) is 2.29. The van der Waals surface area contributed by atoms with Gasteiger partial charge < -0.3 is 5.32 Å². The van der Waals surface area contributed by atoms with Crippen LogP contribution in [0, 0.1) is 6.92 Å². The number of pyridine rings is 1. The molecule has 2 nitrogen and oxygen atoms in total. The van der Waals surface area contributed by atoms with Gasteiger partial charge in [0.25, 0.3) is 0 Å². The second kappa shape index (κ2) is 5.70. The Morgan fingerprint density at radius 1 is 1.17 bits per heavy atom. The fourth-order valence-electron chi connectivity index (χ4n) is 1.89. The smallest absolute Gasteiger partial charge is 0.0604 e. The Morgan fingerprint density at radius 2 is 1.94 bits per heavy atom. The third kappa shape index (κ3) is 2.83. The summed E-state index contributed by atoms with van der Waals surface area (Å²) >= 11 is 12.3. The van der Waals surface area contributed by atoms with Crippen molar-refractivity contribution in [2.75, 3.05) is 7.05 Å². The average Bonchev–Trinajstić information content (AvgIpc) is 2.37. The minimum atomic E-state index is -0.00991. The lowest BCUT2D eigenvalue weighted by Crippen LogP contribution is -2.18. The van der Waals surface area contributed by atoms with E-state index in [9.17, 15) is 0 Å². The van der Waals surface area contributed by atoms with Crippen LogP contribution in [0.1, 0.15) is 22.9 Å². The maximum Gasteiger partial charge on any atom is 0.0604 e. The van der Waals surface area contributed by atoms with Crippen molar-refractivity contribution in [3.8, 4) is 0 Å². The molecule has 4 heteroatoms. The maximum absolute atomic E-state index is 6.23. The average molecular weight is 281 g/mol. The number of nitrogens with one attached hydrogen (secondary N) is 1. The van der Waals surface area contributed by atoms with Crippen molar-refractivity contribution in [1.29, 1.82) is 0 Å². The van der Waals surface area contributed by atoms with E-state index in [1.807, 2.05) is 44.4 Å². The zero-order chi connectivity index (χ0) is 13.1. The fraction of sp³-hybridized carbons (Fsp3) is 0.214. The zero-order valence-corrected chi connectivity index (χ0v) is 11.8. The molecule has 2 rings (SSSR count). The molecule has 94 valence electrons. The molecule has 2 aromatic rings. The normalized spacial score (nSPS) is 12.4. The van der Waals surface area contributed by atoms with Crippen LogP contribution in [0.4, 0.5) is 0 Å². The Morgan fingerprint density at radius 3 is 2.56 bits per heavy atom. The first kappa shape index (κ1) is 13.3. The number of halogens is 2. The summed E-state index contributed by atoms with van der Waals surface area (Å²) in [6, 6.07) is 9.49. The van der Waals surface area contributed by atoms with Gasteiger partial charge in [-0.15, -0.1) is 0 Å². The van der Waals surface area contributed by atoms with Crippen molar-refractivity contribution >= 4 is 23.2 Å². The van der Waals surface area contributed by atoms with Crippen molar-refractivity contribution in [2.45, 2.75) is 13.0 Å². The molecule has 1 atom stereocenters. The molecular weight excluding hydrogens is 267 g/mol. The molecule has 0 bridgehead atoms. The van der Waals surface area contributed by atoms with Gasteiger partial charge in [0.05, 0.1) is 6.04 Å². The molecule has 1 aromatic carbocycles. The number of hydrogen-bond acceptors (Lipinski definition) is 2. The largest absolute Gasteiger partial charge is 0.309 e. The molecule has 0 saturated heterocycles. The van der Waals surface area contributed by atoms with Gasteiger partial charge in [0.15, 0.2) is 0 Å². The van der Waals surface area contributed by atoms with E-state index in [1.54, 1.807) is 6.07 Å². The number of benzene rings is 1. The van der Waals surface area contributed by atoms with Crippen molar-refractivity contribution in [3.05, 3.63) is 63.4 Å². The van der Waals surface area contributed by atoms with Crippen LogP contribution in [0.5, 0.6) is 0 Å². The second-order valence-corrected chi connectivity index (χ2v) is 4.96. The minimum Gasteiger partial charge on any atom is -0.309 e. The van der Waals surface area contributed by atoms with E-state index in [-0.39, 0.29) is 6.04 Å². The summed E-state index contributed by atoms with van der Waals surface area (Å²) in [6.07, 6.45) is 1.85. The highest BCUT2D eigenvalue weighted by Crippen LogP contribution is 2.30. The summed E-state index contributed by atoms with van der Waals surface area (Å²) in [4.78, 5) is 4.31. The van der Waals surface area contributed by atoms with Crippen LogP contribution in [-0.2, 0) is 0 Å². The van der Waals surface area contributed by atoms with Gasteiger partial charge in [0.2, 0.25) is 0 Å². The van der Waals surface area contributed by atoms with E-state index in [2.05, 4.69) is 10.3 Å². The second-order valence-electron chi connectivity index (χ2n) is 4.12. The predicted octanol–water partition coefficient (Wildman–Crippen LogP) is 4.01. The third-order valence-corrected chi connectivity index (χ3v) is 3.40. The molecule has 0 aliphatic rings. The Hall–Kier alpha value is -1.09. The van der Waals surface area contributed by atoms with Gasteiger partial charge in [-0.3, -0.25) is 4.98 Å². The van der Waals surface area contributed by atoms with Crippen molar-refractivity contribution in [1.82, 2.24) is 10.3 Å². The summed E-state index contributed by atoms with van der Waals surface area (Å²) in [6.45, 7) is 1.96. The molecule has 1 N–H and O–H groups in total. The number of aromatic nitrogens is 1. The third-order valence-electron chi connectivity index (χ3n) is 2.83. The molecule has 1 heterocycles. The van der Waals surface area contributed by atoms with E-state index in [0.717, 1.165) is 16.8 Å². The molecule has 0 fully saturated rings. The van der Waals surface area contributed by atoms with Gasteiger partial charge in [-0.05, 0) is 49.4 Å². The Balaban J connectivity index is 2.44. The first-order valence-corrected chi connectivity index (χ1v) is 6.42. The Labute approximate surface area is 117 Å². The maximum atomic E-state index is 6.23. The lowest BCUT2D eigenvalue weighted by Gasteiger charge is -2.18. The summed E-state index contributed by atoms with van der Waals surface area (Å²) in [5, 5.41) is 4.61. The summed E-state index contributed by atoms with van der Waals surface area (Å²) in [5.74, 6) is 0. The van der Waals surface area contributed by atoms with E-state index in [4.69, 9.17) is 23.2 Å². The molecule has 0 saturated carbocycles. The quantitative estimate of drug-likeness (QED) is 0.919. The van der Waals surface area contributed by atoms with Gasteiger partial charge in [-0.25, -0.2) is 0 Å². The predicted molar refractivity (Wildman–Crippen MR) is 76.3 cm³/mol. The molecule has 0 aliphatic heterocycles. The van der Waals surface area contributed by atoms with Gasteiger partial charge >= 0.3 is 0 Å². The molecule has 0 amide bonds. The lowest BCUT2D eigenvalue weighted by molar-refractivity contribution is 0.688. The van der Waals surface area contributed by atoms with Crippen molar-refractivity contribution < 1.29 is 0 Å². The van der Waals surface area contributed by atoms with Crippen molar-refractivity contribution in [2.24, 2.45) is 0 Å². The monoisotopic (exact) mass is 280 g/mol. The van der Waals surface area contributed by atoms with Gasteiger partial charge in [-0.2, -0.15) is 0 Å². The van der Waals surface area contributed by atoms with Crippen LogP contribution in [0.2, 0.25) is 10.0 Å².